The fraction of sp³-hybridized carbons (Fsp3) is 0.515. The minimum atomic E-state index is -3.13. The first kappa shape index (κ1) is 34.5. The summed E-state index contributed by atoms with van der Waals surface area (Å²) in [6.07, 6.45) is 4.91. The maximum absolute atomic E-state index is 15.0. The molecule has 1 aromatic carbocycles. The molecule has 2 saturated heterocycles. The zero-order valence-electron chi connectivity index (χ0n) is 27.7. The molecule has 0 spiro atoms. The number of carbonyl (C=O) groups excluding carboxylic acids is 1. The van der Waals surface area contributed by atoms with Crippen LogP contribution >= 0.6 is 0 Å². The summed E-state index contributed by atoms with van der Waals surface area (Å²) in [6, 6.07) is 5.53. The Kier molecular flexibility index (Phi) is 10.6. The van der Waals surface area contributed by atoms with E-state index in [2.05, 4.69) is 37.4 Å². The summed E-state index contributed by atoms with van der Waals surface area (Å²) < 4.78 is 44.7. The fourth-order valence-corrected chi connectivity index (χ4v) is 7.50. The number of anilines is 5. The number of carbonyl (C=O) groups is 1. The minimum absolute atomic E-state index is 0.00692. The summed E-state index contributed by atoms with van der Waals surface area (Å²) in [5.74, 6) is 0.739. The Bertz CT molecular complexity index is 1720. The van der Waals surface area contributed by atoms with E-state index in [9.17, 15) is 17.6 Å². The van der Waals surface area contributed by atoms with Crippen LogP contribution in [0.25, 0.3) is 10.9 Å². The molecule has 0 aliphatic carbocycles. The number of likely N-dealkylation sites (N-methyl/N-ethyl adjacent to an activating group) is 1. The molecular formula is C33H45FN8O4S. The van der Waals surface area contributed by atoms with E-state index >= 15 is 0 Å². The average Bonchev–Trinajstić information content (AvgIpc) is 3.02. The van der Waals surface area contributed by atoms with E-state index in [-0.39, 0.29) is 36.1 Å². The van der Waals surface area contributed by atoms with Crippen molar-refractivity contribution in [2.24, 2.45) is 5.92 Å². The van der Waals surface area contributed by atoms with Gasteiger partial charge >= 0.3 is 0 Å². The Balaban J connectivity index is 1.44. The molecule has 0 saturated carbocycles. The molecule has 2 aliphatic rings. The fourth-order valence-electron chi connectivity index (χ4n) is 6.34. The first-order chi connectivity index (χ1) is 22.4. The van der Waals surface area contributed by atoms with Crippen molar-refractivity contribution in [1.29, 1.82) is 0 Å². The zero-order valence-corrected chi connectivity index (χ0v) is 28.5. The highest BCUT2D eigenvalue weighted by Crippen LogP contribution is 2.42. The highest BCUT2D eigenvalue weighted by Gasteiger charge is 2.39. The third-order valence-corrected chi connectivity index (χ3v) is 9.87. The molecule has 4 atom stereocenters. The summed E-state index contributed by atoms with van der Waals surface area (Å²) in [5.41, 5.74) is 3.64. The van der Waals surface area contributed by atoms with Crippen molar-refractivity contribution in [3.8, 4) is 0 Å². The van der Waals surface area contributed by atoms with Crippen LogP contribution in [0.3, 0.4) is 0 Å². The van der Waals surface area contributed by atoms with Gasteiger partial charge in [0.25, 0.3) is 0 Å². The zero-order chi connectivity index (χ0) is 33.9. The molecule has 2 fully saturated rings. The van der Waals surface area contributed by atoms with Crippen LogP contribution < -0.4 is 25.8 Å². The summed E-state index contributed by atoms with van der Waals surface area (Å²) in [7, 11) is -1.29. The van der Waals surface area contributed by atoms with Gasteiger partial charge in [0.1, 0.15) is 21.8 Å². The molecule has 3 N–H and O–H groups in total. The van der Waals surface area contributed by atoms with Crippen LogP contribution in [0.2, 0.25) is 0 Å². The smallest absolute Gasteiger partial charge is 0.247 e. The van der Waals surface area contributed by atoms with Crippen molar-refractivity contribution in [3.63, 3.8) is 0 Å². The minimum Gasteiger partial charge on any atom is -0.374 e. The normalized spacial score (nSPS) is 21.5. The molecule has 14 heteroatoms. The number of aromatic nitrogens is 3. The third-order valence-electron chi connectivity index (χ3n) is 8.83. The average molecular weight is 669 g/mol. The molecule has 3 aromatic rings. The number of piperidine rings is 1. The van der Waals surface area contributed by atoms with E-state index in [1.807, 2.05) is 44.9 Å². The van der Waals surface area contributed by atoms with Crippen molar-refractivity contribution in [1.82, 2.24) is 20.3 Å². The molecule has 2 aliphatic heterocycles. The standard InChI is InChI=1S/C33H45FN8O4S/c1-7-30(43)39-26-15-27(42-17-22(21(42)4)19-47(6,44)45)24-16-37-33(40-32(24)31(26)20(2)3)38-23-8-10-36-29(14-23)41-12-9-28(25(34)18-41)46-13-11-35-5/h7-8,10,14-16,20-22,25,28,35H,1,9,11-13,17-19H2,2-6H3,(H,39,43)(H,36,37,38,40)/t21-,22-,25+,28-/m1/s1. The molecule has 12 nitrogen and oxygen atoms in total. The van der Waals surface area contributed by atoms with Gasteiger partial charge in [0.05, 0.1) is 36.2 Å². The second kappa shape index (κ2) is 14.5. The number of hydrogen-bond donors (Lipinski definition) is 3. The maximum atomic E-state index is 15.0. The molecule has 2 aromatic heterocycles. The van der Waals surface area contributed by atoms with Gasteiger partial charge in [-0.3, -0.25) is 4.79 Å². The van der Waals surface area contributed by atoms with Gasteiger partial charge < -0.3 is 30.5 Å². The Hall–Kier alpha value is -3.88. The lowest BCUT2D eigenvalue weighted by molar-refractivity contribution is -0.111. The largest absolute Gasteiger partial charge is 0.374 e. The predicted octanol–water partition coefficient (Wildman–Crippen LogP) is 4.04. The Morgan fingerprint density at radius 1 is 1.26 bits per heavy atom. The molecular weight excluding hydrogens is 623 g/mol. The Labute approximate surface area is 276 Å². The molecule has 0 bridgehead atoms. The lowest BCUT2D eigenvalue weighted by atomic mass is 9.89. The van der Waals surface area contributed by atoms with Crippen molar-refractivity contribution in [2.45, 2.75) is 51.4 Å². The van der Waals surface area contributed by atoms with Gasteiger partial charge in [-0.1, -0.05) is 20.4 Å². The first-order valence-corrected chi connectivity index (χ1v) is 18.0. The summed E-state index contributed by atoms with van der Waals surface area (Å²) >= 11 is 0. The number of hydrogen-bond acceptors (Lipinski definition) is 11. The summed E-state index contributed by atoms with van der Waals surface area (Å²) in [4.78, 5) is 30.6. The maximum Gasteiger partial charge on any atom is 0.247 e. The number of nitrogens with zero attached hydrogens (tertiary/aromatic N) is 5. The molecule has 0 unspecified atom stereocenters. The number of alkyl halides is 1. The first-order valence-electron chi connectivity index (χ1n) is 16.0. The third kappa shape index (κ3) is 7.99. The molecule has 4 heterocycles. The van der Waals surface area contributed by atoms with Crippen LogP contribution in [-0.2, 0) is 19.4 Å². The van der Waals surface area contributed by atoms with Gasteiger partial charge in [0.2, 0.25) is 11.9 Å². The number of fused-ring (bicyclic) bond motifs is 1. The van der Waals surface area contributed by atoms with E-state index in [0.29, 0.717) is 61.3 Å². The number of sulfone groups is 1. The monoisotopic (exact) mass is 668 g/mol. The van der Waals surface area contributed by atoms with Crippen molar-refractivity contribution in [2.75, 3.05) is 72.3 Å². The molecule has 254 valence electrons. The number of amides is 1. The van der Waals surface area contributed by atoms with Crippen LogP contribution in [0.5, 0.6) is 0 Å². The number of rotatable bonds is 13. The van der Waals surface area contributed by atoms with Gasteiger partial charge in [-0.2, -0.15) is 0 Å². The van der Waals surface area contributed by atoms with Gasteiger partial charge in [0, 0.05) is 78.6 Å². The van der Waals surface area contributed by atoms with Crippen LogP contribution in [0.4, 0.5) is 33.2 Å². The topological polar surface area (TPSA) is 142 Å². The number of ether oxygens (including phenoxy) is 1. The quantitative estimate of drug-likeness (QED) is 0.180. The summed E-state index contributed by atoms with van der Waals surface area (Å²) in [5, 5.41) is 10.1. The summed E-state index contributed by atoms with van der Waals surface area (Å²) in [6.45, 7) is 12.2. The van der Waals surface area contributed by atoms with Gasteiger partial charge in [-0.25, -0.2) is 27.8 Å². The highest BCUT2D eigenvalue weighted by atomic mass is 32.2. The van der Waals surface area contributed by atoms with E-state index in [0.717, 1.165) is 16.6 Å². The second-order valence-electron chi connectivity index (χ2n) is 12.7. The molecule has 1 amide bonds. The van der Waals surface area contributed by atoms with Crippen LogP contribution in [-0.4, -0.2) is 99.4 Å². The molecule has 5 rings (SSSR count). The number of nitrogens with one attached hydrogen (secondary N) is 3. The van der Waals surface area contributed by atoms with E-state index in [1.165, 1.54) is 12.3 Å². The van der Waals surface area contributed by atoms with E-state index in [1.54, 1.807) is 18.5 Å². The number of benzene rings is 1. The predicted molar refractivity (Wildman–Crippen MR) is 185 cm³/mol. The van der Waals surface area contributed by atoms with Crippen LogP contribution in [0.1, 0.15) is 38.7 Å². The Morgan fingerprint density at radius 3 is 2.70 bits per heavy atom. The SMILES string of the molecule is C=CC(=O)Nc1cc(N2C[C@H](CS(C)(=O)=O)[C@H]2C)c2cnc(Nc3ccnc(N4CC[C@@H](OCCNC)[C@@H](F)C4)c3)nc2c1C(C)C. The molecule has 0 radical (unpaired) electrons. The van der Waals surface area contributed by atoms with Crippen molar-refractivity contribution >= 4 is 55.5 Å². The van der Waals surface area contributed by atoms with Crippen LogP contribution in [0.15, 0.2) is 43.2 Å². The van der Waals surface area contributed by atoms with Crippen LogP contribution in [0, 0.1) is 5.92 Å². The number of pyridine rings is 1. The van der Waals surface area contributed by atoms with E-state index in [4.69, 9.17) is 9.72 Å². The van der Waals surface area contributed by atoms with Gasteiger partial charge in [0.15, 0.2) is 0 Å². The lowest BCUT2D eigenvalue weighted by Gasteiger charge is -2.48. The van der Waals surface area contributed by atoms with E-state index < -0.39 is 22.1 Å². The Morgan fingerprint density at radius 2 is 2.04 bits per heavy atom. The number of halogens is 1. The lowest BCUT2D eigenvalue weighted by Crippen LogP contribution is -2.57. The van der Waals surface area contributed by atoms with Gasteiger partial charge in [-0.05, 0) is 44.5 Å². The van der Waals surface area contributed by atoms with Gasteiger partial charge in [-0.15, -0.1) is 0 Å². The molecule has 47 heavy (non-hydrogen) atoms. The van der Waals surface area contributed by atoms with Crippen molar-refractivity contribution < 1.29 is 22.3 Å². The van der Waals surface area contributed by atoms with Crippen molar-refractivity contribution in [3.05, 3.63) is 48.8 Å². The highest BCUT2D eigenvalue weighted by molar-refractivity contribution is 7.90. The second-order valence-corrected chi connectivity index (χ2v) is 14.9.